The lowest BCUT2D eigenvalue weighted by atomic mass is 10.2. The smallest absolute Gasteiger partial charge is 0.435 e. The van der Waals surface area contributed by atoms with Gasteiger partial charge in [-0.15, -0.1) is 0 Å². The van der Waals surface area contributed by atoms with E-state index >= 15 is 0 Å². The molecule has 9 nitrogen and oxygen atoms in total. The molecule has 2 aromatic heterocycles. The maximum absolute atomic E-state index is 12.5. The first-order valence-electron chi connectivity index (χ1n) is 9.86. The molecule has 0 unspecified atom stereocenters. The molecule has 3 rings (SSSR count). The molecule has 0 aliphatic rings. The summed E-state index contributed by atoms with van der Waals surface area (Å²) in [6.07, 6.45) is 0.624. The Balaban J connectivity index is 1.64. The van der Waals surface area contributed by atoms with Crippen LogP contribution in [0, 0.1) is 6.92 Å². The summed E-state index contributed by atoms with van der Waals surface area (Å²) in [6.45, 7) is 8.26. The van der Waals surface area contributed by atoms with Gasteiger partial charge in [-0.2, -0.15) is 14.9 Å². The third-order valence-corrected chi connectivity index (χ3v) is 4.30. The van der Waals surface area contributed by atoms with E-state index in [0.29, 0.717) is 30.0 Å². The highest BCUT2D eigenvalue weighted by molar-refractivity contribution is 5.93. The van der Waals surface area contributed by atoms with Crippen molar-refractivity contribution in [3.8, 4) is 5.75 Å². The van der Waals surface area contributed by atoms with Crippen LogP contribution in [0.25, 0.3) is 10.9 Å². The second-order valence-corrected chi connectivity index (χ2v) is 8.20. The van der Waals surface area contributed by atoms with Crippen molar-refractivity contribution in [3.05, 3.63) is 41.9 Å². The van der Waals surface area contributed by atoms with Gasteiger partial charge >= 0.3 is 6.09 Å². The summed E-state index contributed by atoms with van der Waals surface area (Å²) in [7, 11) is 1.86. The van der Waals surface area contributed by atoms with Gasteiger partial charge in [0.25, 0.3) is 0 Å². The fourth-order valence-electron chi connectivity index (χ4n) is 3.05. The first kappa shape index (κ1) is 21.8. The molecule has 0 radical (unpaired) electrons. The number of aromatic nitrogens is 4. The normalized spacial score (nSPS) is 12.9. The molecule has 1 aromatic carbocycles. The quantitative estimate of drug-likeness (QED) is 0.611. The Labute approximate surface area is 175 Å². The van der Waals surface area contributed by atoms with Gasteiger partial charge in [-0.3, -0.25) is 4.68 Å². The zero-order valence-corrected chi connectivity index (χ0v) is 18.0. The molecule has 0 aliphatic carbocycles. The highest BCUT2D eigenvalue weighted by Gasteiger charge is 2.22. The summed E-state index contributed by atoms with van der Waals surface area (Å²) in [5.74, 6) is 0.559. The first-order valence-corrected chi connectivity index (χ1v) is 9.86. The van der Waals surface area contributed by atoms with E-state index in [1.807, 2.05) is 19.3 Å². The minimum absolute atomic E-state index is 0.103. The van der Waals surface area contributed by atoms with E-state index in [9.17, 15) is 9.90 Å². The van der Waals surface area contributed by atoms with E-state index in [4.69, 9.17) is 9.47 Å². The maximum Gasteiger partial charge on any atom is 0.435 e. The van der Waals surface area contributed by atoms with Gasteiger partial charge in [0.2, 0.25) is 0 Å². The van der Waals surface area contributed by atoms with Gasteiger partial charge in [-0.25, -0.2) is 4.79 Å². The van der Waals surface area contributed by atoms with Crippen molar-refractivity contribution in [2.24, 2.45) is 7.05 Å². The SMILES string of the molecule is Cc1nn(C(=O)OC(C)(C)C)c2cccc(OC[C@@H](O)CNCc3ccn(C)n3)c12. The molecule has 30 heavy (non-hydrogen) atoms. The van der Waals surface area contributed by atoms with Crippen molar-refractivity contribution in [1.29, 1.82) is 0 Å². The minimum Gasteiger partial charge on any atom is -0.490 e. The Morgan fingerprint density at radius 2 is 2.03 bits per heavy atom. The Kier molecular flexibility index (Phi) is 6.42. The zero-order valence-electron chi connectivity index (χ0n) is 18.0. The Hall–Kier alpha value is -2.91. The molecule has 0 aliphatic heterocycles. The molecule has 3 aromatic rings. The van der Waals surface area contributed by atoms with Crippen molar-refractivity contribution in [2.45, 2.75) is 45.9 Å². The summed E-state index contributed by atoms with van der Waals surface area (Å²) in [5.41, 5.74) is 1.53. The number of carbonyl (C=O) groups excluding carboxylic acids is 1. The Bertz CT molecular complexity index is 1020. The lowest BCUT2D eigenvalue weighted by molar-refractivity contribution is 0.0522. The van der Waals surface area contributed by atoms with Gasteiger partial charge in [0.05, 0.1) is 22.3 Å². The number of nitrogens with one attached hydrogen (secondary N) is 1. The average Bonchev–Trinajstić information content (AvgIpc) is 3.22. The molecule has 0 saturated heterocycles. The van der Waals surface area contributed by atoms with Crippen molar-refractivity contribution >= 4 is 17.0 Å². The van der Waals surface area contributed by atoms with Crippen molar-refractivity contribution in [2.75, 3.05) is 13.2 Å². The maximum atomic E-state index is 12.5. The highest BCUT2D eigenvalue weighted by Crippen LogP contribution is 2.29. The third-order valence-electron chi connectivity index (χ3n) is 4.30. The molecule has 1 atom stereocenters. The molecule has 0 spiro atoms. The topological polar surface area (TPSA) is 103 Å². The summed E-state index contributed by atoms with van der Waals surface area (Å²) < 4.78 is 14.3. The number of aryl methyl sites for hydroxylation is 2. The zero-order chi connectivity index (χ0) is 21.9. The number of benzene rings is 1. The second kappa shape index (κ2) is 8.85. The van der Waals surface area contributed by atoms with Gasteiger partial charge in [-0.1, -0.05) is 6.07 Å². The Morgan fingerprint density at radius 3 is 2.70 bits per heavy atom. The number of nitrogens with zero attached hydrogens (tertiary/aromatic N) is 4. The van der Waals surface area contributed by atoms with Gasteiger partial charge in [0, 0.05) is 26.3 Å². The van der Waals surface area contributed by atoms with E-state index in [1.54, 1.807) is 50.6 Å². The lowest BCUT2D eigenvalue weighted by Crippen LogP contribution is -2.31. The standard InChI is InChI=1S/C21H29N5O4/c1-14-19-17(26(23-14)20(28)30-21(2,3)4)7-6-8-18(19)29-13-16(27)12-22-11-15-9-10-25(5)24-15/h6-10,16,22,27H,11-13H2,1-5H3/t16-/m0/s1. The number of ether oxygens (including phenoxy) is 2. The van der Waals surface area contributed by atoms with E-state index in [-0.39, 0.29) is 6.61 Å². The summed E-state index contributed by atoms with van der Waals surface area (Å²) in [6, 6.07) is 7.29. The van der Waals surface area contributed by atoms with Crippen LogP contribution in [0.3, 0.4) is 0 Å². The molecular formula is C21H29N5O4. The van der Waals surface area contributed by atoms with Crippen LogP contribution < -0.4 is 10.1 Å². The summed E-state index contributed by atoms with van der Waals surface area (Å²) >= 11 is 0. The van der Waals surface area contributed by atoms with Gasteiger partial charge in [0.1, 0.15) is 24.1 Å². The van der Waals surface area contributed by atoms with Gasteiger partial charge in [0.15, 0.2) is 0 Å². The second-order valence-electron chi connectivity index (χ2n) is 8.20. The van der Waals surface area contributed by atoms with E-state index < -0.39 is 17.8 Å². The first-order chi connectivity index (χ1) is 14.1. The average molecular weight is 415 g/mol. The predicted molar refractivity (Wildman–Crippen MR) is 113 cm³/mol. The fourth-order valence-corrected chi connectivity index (χ4v) is 3.05. The van der Waals surface area contributed by atoms with Crippen molar-refractivity contribution in [1.82, 2.24) is 24.9 Å². The van der Waals surface area contributed by atoms with Crippen molar-refractivity contribution < 1.29 is 19.4 Å². The molecule has 162 valence electrons. The predicted octanol–water partition coefficient (Wildman–Crippen LogP) is 2.39. The summed E-state index contributed by atoms with van der Waals surface area (Å²) in [5, 5.41) is 22.7. The molecule has 0 fully saturated rings. The van der Waals surface area contributed by atoms with Crippen LogP contribution in [0.15, 0.2) is 30.5 Å². The van der Waals surface area contributed by atoms with Crippen molar-refractivity contribution in [3.63, 3.8) is 0 Å². The molecule has 2 N–H and O–H groups in total. The van der Waals surface area contributed by atoms with Gasteiger partial charge in [-0.05, 0) is 45.9 Å². The number of aliphatic hydroxyl groups is 1. The molecule has 0 amide bonds. The number of carbonyl (C=O) groups is 1. The number of rotatable bonds is 7. The summed E-state index contributed by atoms with van der Waals surface area (Å²) in [4.78, 5) is 12.5. The molecule has 2 heterocycles. The number of hydrogen-bond acceptors (Lipinski definition) is 7. The molecule has 9 heteroatoms. The van der Waals surface area contributed by atoms with Crippen LogP contribution in [-0.4, -0.2) is 55.6 Å². The van der Waals surface area contributed by atoms with E-state index in [0.717, 1.165) is 11.1 Å². The van der Waals surface area contributed by atoms with Crippen LogP contribution >= 0.6 is 0 Å². The monoisotopic (exact) mass is 415 g/mol. The third kappa shape index (κ3) is 5.37. The van der Waals surface area contributed by atoms with Crippen LogP contribution in [0.4, 0.5) is 4.79 Å². The molecular weight excluding hydrogens is 386 g/mol. The number of hydrogen-bond donors (Lipinski definition) is 2. The van der Waals surface area contributed by atoms with Crippen LogP contribution in [0.5, 0.6) is 5.75 Å². The number of aliphatic hydroxyl groups excluding tert-OH is 1. The van der Waals surface area contributed by atoms with Gasteiger partial charge < -0.3 is 19.9 Å². The van der Waals surface area contributed by atoms with Crippen LogP contribution in [0.2, 0.25) is 0 Å². The van der Waals surface area contributed by atoms with E-state index in [1.165, 1.54) is 4.68 Å². The minimum atomic E-state index is -0.704. The highest BCUT2D eigenvalue weighted by atomic mass is 16.6. The number of fused-ring (bicyclic) bond motifs is 1. The molecule has 0 bridgehead atoms. The lowest BCUT2D eigenvalue weighted by Gasteiger charge is -2.19. The fraction of sp³-hybridized carbons (Fsp3) is 0.476. The Morgan fingerprint density at radius 1 is 1.27 bits per heavy atom. The van der Waals surface area contributed by atoms with E-state index in [2.05, 4.69) is 15.5 Å². The van der Waals surface area contributed by atoms with Crippen LogP contribution in [-0.2, 0) is 18.3 Å². The largest absolute Gasteiger partial charge is 0.490 e. The van der Waals surface area contributed by atoms with Crippen LogP contribution in [0.1, 0.15) is 32.2 Å². The molecule has 0 saturated carbocycles.